The van der Waals surface area contributed by atoms with E-state index < -0.39 is 35.0 Å². The predicted octanol–water partition coefficient (Wildman–Crippen LogP) is 2.64. The first kappa shape index (κ1) is 21.8. The zero-order valence-electron chi connectivity index (χ0n) is 15.7. The number of ether oxygens (including phenoxy) is 1. The third kappa shape index (κ3) is 7.76. The average molecular weight is 379 g/mol. The third-order valence-corrected chi connectivity index (χ3v) is 4.15. The second kappa shape index (κ2) is 9.46. The zero-order chi connectivity index (χ0) is 19.9. The third-order valence-electron chi connectivity index (χ3n) is 3.09. The molecule has 1 aromatic rings. The van der Waals surface area contributed by atoms with Gasteiger partial charge < -0.3 is 14.6 Å². The van der Waals surface area contributed by atoms with Gasteiger partial charge in [-0.1, -0.05) is 19.9 Å². The topological polar surface area (TPSA) is 114 Å². The zero-order valence-corrected chi connectivity index (χ0v) is 16.5. The number of benzene rings is 1. The summed E-state index contributed by atoms with van der Waals surface area (Å²) in [7, 11) is 0. The van der Waals surface area contributed by atoms with Crippen LogP contribution in [-0.4, -0.2) is 28.2 Å². The Morgan fingerprint density at radius 3 is 2.54 bits per heavy atom. The van der Waals surface area contributed by atoms with Gasteiger partial charge in [0.1, 0.15) is 23.0 Å². The summed E-state index contributed by atoms with van der Waals surface area (Å²) in [4.78, 5) is 24.8. The van der Waals surface area contributed by atoms with Crippen molar-refractivity contribution in [1.29, 1.82) is 5.26 Å². The van der Waals surface area contributed by atoms with E-state index in [0.29, 0.717) is 16.9 Å². The monoisotopic (exact) mass is 379 g/mol. The maximum absolute atomic E-state index is 12.5. The molecule has 0 heterocycles. The van der Waals surface area contributed by atoms with Crippen LogP contribution in [-0.2, 0) is 20.9 Å². The molecular weight excluding hydrogens is 354 g/mol. The van der Waals surface area contributed by atoms with Crippen molar-refractivity contribution in [2.75, 3.05) is 0 Å². The number of hydrogen-bond acceptors (Lipinski definition) is 5. The van der Waals surface area contributed by atoms with Gasteiger partial charge >= 0.3 is 6.09 Å². The first-order chi connectivity index (χ1) is 12.0. The van der Waals surface area contributed by atoms with Gasteiger partial charge in [-0.15, -0.1) is 0 Å². The number of nitrogens with one attached hydrogen (secondary N) is 2. The Balaban J connectivity index is 2.81. The van der Waals surface area contributed by atoms with E-state index in [4.69, 9.17) is 10.00 Å². The van der Waals surface area contributed by atoms with Gasteiger partial charge in [0.15, 0.2) is 4.90 Å². The van der Waals surface area contributed by atoms with Gasteiger partial charge in [-0.25, -0.2) is 4.79 Å². The molecule has 7 nitrogen and oxygen atoms in total. The normalized spacial score (nSPS) is 13.5. The molecule has 0 bridgehead atoms. The molecule has 0 aliphatic carbocycles. The van der Waals surface area contributed by atoms with Crippen molar-refractivity contribution in [2.45, 2.75) is 57.6 Å². The van der Waals surface area contributed by atoms with E-state index in [1.165, 1.54) is 6.07 Å². The first-order valence-electron chi connectivity index (χ1n) is 8.23. The highest BCUT2D eigenvalue weighted by atomic mass is 32.2. The van der Waals surface area contributed by atoms with Crippen molar-refractivity contribution in [3.05, 3.63) is 29.8 Å². The van der Waals surface area contributed by atoms with Gasteiger partial charge in [-0.3, -0.25) is 4.79 Å². The number of hydrogen-bond donors (Lipinski definition) is 2. The van der Waals surface area contributed by atoms with Crippen molar-refractivity contribution >= 4 is 23.4 Å². The summed E-state index contributed by atoms with van der Waals surface area (Å²) >= 11 is -1.84. The minimum atomic E-state index is -1.84. The summed E-state index contributed by atoms with van der Waals surface area (Å²) in [5.41, 5.74) is -0.348. The fourth-order valence-electron chi connectivity index (χ4n) is 2.06. The Bertz CT molecular complexity index is 680. The van der Waals surface area contributed by atoms with Crippen LogP contribution in [0, 0.1) is 17.2 Å². The summed E-state index contributed by atoms with van der Waals surface area (Å²) in [6.45, 7) is 8.98. The molecule has 2 atom stereocenters. The molecule has 0 radical (unpaired) electrons. The number of nitrogens with zero attached hydrogens (tertiary/aromatic N) is 1. The minimum absolute atomic E-state index is 0.121. The van der Waals surface area contributed by atoms with Crippen LogP contribution in [0.15, 0.2) is 29.2 Å². The van der Waals surface area contributed by atoms with Gasteiger partial charge in [-0.05, 0) is 45.2 Å². The van der Waals surface area contributed by atoms with Gasteiger partial charge in [0.25, 0.3) is 5.91 Å². The van der Waals surface area contributed by atoms with Crippen LogP contribution < -0.4 is 10.0 Å². The summed E-state index contributed by atoms with van der Waals surface area (Å²) in [5, 5.41) is 11.4. The predicted molar refractivity (Wildman–Crippen MR) is 98.3 cm³/mol. The van der Waals surface area contributed by atoms with Gasteiger partial charge in [-0.2, -0.15) is 9.98 Å². The molecule has 2 amide bonds. The molecule has 26 heavy (non-hydrogen) atoms. The molecule has 0 aliphatic rings. The maximum atomic E-state index is 12.5. The molecule has 0 spiro atoms. The summed E-state index contributed by atoms with van der Waals surface area (Å²) < 4.78 is 19.9. The number of amides is 2. The van der Waals surface area contributed by atoms with Crippen LogP contribution in [0.1, 0.15) is 46.6 Å². The van der Waals surface area contributed by atoms with Crippen molar-refractivity contribution in [1.82, 2.24) is 10.0 Å². The summed E-state index contributed by atoms with van der Waals surface area (Å²) in [5.74, 6) is -0.457. The molecule has 0 aromatic heterocycles. The molecule has 0 saturated carbocycles. The van der Waals surface area contributed by atoms with Crippen LogP contribution >= 0.6 is 0 Å². The van der Waals surface area contributed by atoms with Crippen molar-refractivity contribution < 1.29 is 18.9 Å². The van der Waals surface area contributed by atoms with Crippen LogP contribution in [0.5, 0.6) is 0 Å². The van der Waals surface area contributed by atoms with E-state index in [-0.39, 0.29) is 5.92 Å². The van der Waals surface area contributed by atoms with Crippen molar-refractivity contribution in [3.63, 3.8) is 0 Å². The average Bonchev–Trinajstić information content (AvgIpc) is 2.51. The lowest BCUT2D eigenvalue weighted by atomic mass is 10.0. The molecule has 1 rings (SSSR count). The van der Waals surface area contributed by atoms with E-state index in [1.54, 1.807) is 39.0 Å². The minimum Gasteiger partial charge on any atom is -0.588 e. The van der Waals surface area contributed by atoms with Crippen molar-refractivity contribution in [2.24, 2.45) is 5.92 Å². The maximum Gasteiger partial charge on any atom is 0.408 e. The fourth-order valence-corrected chi connectivity index (χ4v) is 2.93. The Morgan fingerprint density at radius 2 is 2.00 bits per heavy atom. The molecular formula is C18H25N3O4S. The Labute approximate surface area is 157 Å². The lowest BCUT2D eigenvalue weighted by molar-refractivity contribution is -0.121. The molecule has 1 aromatic carbocycles. The SMILES string of the molecule is CC(C)CC(NC(=O)OC(C)(C)C)C(=O)N[S+]([O-])c1cccc(C#N)c1. The highest BCUT2D eigenvalue weighted by Crippen LogP contribution is 2.13. The molecule has 0 aliphatic heterocycles. The van der Waals surface area contributed by atoms with Crippen molar-refractivity contribution in [3.8, 4) is 6.07 Å². The molecule has 2 unspecified atom stereocenters. The molecule has 0 saturated heterocycles. The lowest BCUT2D eigenvalue weighted by Crippen LogP contribution is -2.50. The number of nitriles is 1. The molecule has 8 heteroatoms. The van der Waals surface area contributed by atoms with E-state index in [9.17, 15) is 14.1 Å². The lowest BCUT2D eigenvalue weighted by Gasteiger charge is -2.24. The summed E-state index contributed by atoms with van der Waals surface area (Å²) in [6, 6.07) is 7.22. The molecule has 0 fully saturated rings. The standard InChI is InChI=1S/C18H25N3O4S/c1-12(2)9-15(20-17(23)25-18(3,4)5)16(22)21-26(24)14-8-6-7-13(10-14)11-19/h6-8,10,12,15H,9H2,1-5H3,(H,20,23)(H,21,22). The Morgan fingerprint density at radius 1 is 1.35 bits per heavy atom. The highest BCUT2D eigenvalue weighted by molar-refractivity contribution is 7.90. The van der Waals surface area contributed by atoms with E-state index in [1.807, 2.05) is 19.9 Å². The van der Waals surface area contributed by atoms with Gasteiger partial charge in [0, 0.05) is 6.07 Å². The fraction of sp³-hybridized carbons (Fsp3) is 0.500. The summed E-state index contributed by atoms with van der Waals surface area (Å²) in [6.07, 6.45) is -0.351. The van der Waals surface area contributed by atoms with Crippen LogP contribution in [0.25, 0.3) is 0 Å². The number of carbonyl (C=O) groups excluding carboxylic acids is 2. The quantitative estimate of drug-likeness (QED) is 0.738. The Kier molecular flexibility index (Phi) is 7.93. The van der Waals surface area contributed by atoms with Gasteiger partial charge in [0.2, 0.25) is 0 Å². The highest BCUT2D eigenvalue weighted by Gasteiger charge is 2.28. The van der Waals surface area contributed by atoms with Gasteiger partial charge in [0.05, 0.1) is 11.6 Å². The Hall–Kier alpha value is -2.24. The second-order valence-corrected chi connectivity index (χ2v) is 8.42. The van der Waals surface area contributed by atoms with Crippen LogP contribution in [0.4, 0.5) is 4.79 Å². The smallest absolute Gasteiger partial charge is 0.408 e. The first-order valence-corrected chi connectivity index (χ1v) is 9.38. The van der Waals surface area contributed by atoms with Crippen LogP contribution in [0.2, 0.25) is 0 Å². The largest absolute Gasteiger partial charge is 0.588 e. The second-order valence-electron chi connectivity index (χ2n) is 7.20. The molecule has 2 N–H and O–H groups in total. The van der Waals surface area contributed by atoms with Crippen LogP contribution in [0.3, 0.4) is 0 Å². The van der Waals surface area contributed by atoms with E-state index >= 15 is 0 Å². The van der Waals surface area contributed by atoms with E-state index in [2.05, 4.69) is 10.0 Å². The van der Waals surface area contributed by atoms with E-state index in [0.717, 1.165) is 0 Å². The number of carbonyl (C=O) groups is 2. The molecule has 142 valence electrons. The number of rotatable bonds is 6. The number of alkyl carbamates (subject to hydrolysis) is 1.